The zero-order valence-corrected chi connectivity index (χ0v) is 33.4. The van der Waals surface area contributed by atoms with Crippen LogP contribution in [0.4, 0.5) is 17.1 Å². The Morgan fingerprint density at radius 1 is 0.417 bits per heavy atom. The summed E-state index contributed by atoms with van der Waals surface area (Å²) in [5.41, 5.74) is 18.5. The first-order chi connectivity index (χ1) is 29.5. The second-order valence-electron chi connectivity index (χ2n) is 16.5. The minimum atomic E-state index is -0.0801. The van der Waals surface area contributed by atoms with Crippen LogP contribution >= 0.6 is 0 Å². The lowest BCUT2D eigenvalue weighted by Gasteiger charge is -2.28. The van der Waals surface area contributed by atoms with Crippen LogP contribution in [0.1, 0.15) is 25.0 Å². The molecule has 0 unspecified atom stereocenters. The van der Waals surface area contributed by atoms with Crippen LogP contribution in [0.3, 0.4) is 0 Å². The molecule has 3 nitrogen and oxygen atoms in total. The highest BCUT2D eigenvalue weighted by Crippen LogP contribution is 2.51. The first-order valence-electron chi connectivity index (χ1n) is 20.8. The summed E-state index contributed by atoms with van der Waals surface area (Å²) in [7, 11) is 0. The highest BCUT2D eigenvalue weighted by atomic mass is 16.3. The zero-order valence-electron chi connectivity index (χ0n) is 33.4. The van der Waals surface area contributed by atoms with Crippen molar-refractivity contribution >= 4 is 60.8 Å². The summed E-state index contributed by atoms with van der Waals surface area (Å²) in [5, 5.41) is 4.65. The van der Waals surface area contributed by atoms with Gasteiger partial charge in [0.05, 0.1) is 22.1 Å². The summed E-state index contributed by atoms with van der Waals surface area (Å²) in [5.74, 6) is 0. The molecule has 60 heavy (non-hydrogen) atoms. The fraction of sp³-hybridized carbons (Fsp3) is 0.0526. The van der Waals surface area contributed by atoms with Gasteiger partial charge in [-0.1, -0.05) is 141 Å². The molecule has 0 radical (unpaired) electrons. The second kappa shape index (κ2) is 13.2. The quantitative estimate of drug-likeness (QED) is 0.168. The largest absolute Gasteiger partial charge is 0.456 e. The number of hydrogen-bond donors (Lipinski definition) is 0. The Bertz CT molecular complexity index is 3450. The SMILES string of the molecule is CC1(C)c2ccccc2-c2cc(N(c3ccc(-c4ccccc4)cc3)c3cccc4oc5ccc(-c6ccc7c(c6)c6ccccc6n7-c6ccccc6)cc5c34)ccc21. The number of anilines is 3. The van der Waals surface area contributed by atoms with Crippen LogP contribution in [-0.2, 0) is 5.41 Å². The van der Waals surface area contributed by atoms with Crippen LogP contribution in [-0.4, -0.2) is 4.57 Å². The summed E-state index contributed by atoms with van der Waals surface area (Å²) < 4.78 is 9.05. The maximum atomic E-state index is 6.68. The summed E-state index contributed by atoms with van der Waals surface area (Å²) in [6.45, 7) is 4.68. The molecule has 9 aromatic carbocycles. The molecule has 0 fully saturated rings. The van der Waals surface area contributed by atoms with Gasteiger partial charge in [0, 0.05) is 38.6 Å². The van der Waals surface area contributed by atoms with Gasteiger partial charge in [-0.05, 0) is 123 Å². The van der Waals surface area contributed by atoms with Crippen molar-refractivity contribution in [1.29, 1.82) is 0 Å². The van der Waals surface area contributed by atoms with Crippen molar-refractivity contribution in [2.24, 2.45) is 0 Å². The lowest BCUT2D eigenvalue weighted by Crippen LogP contribution is -2.15. The molecule has 2 aromatic heterocycles. The Hall–Kier alpha value is -7.62. The van der Waals surface area contributed by atoms with Gasteiger partial charge in [-0.3, -0.25) is 0 Å². The van der Waals surface area contributed by atoms with Crippen molar-refractivity contribution in [3.05, 3.63) is 217 Å². The number of aromatic nitrogens is 1. The molecular weight excluding hydrogens is 729 g/mol. The second-order valence-corrected chi connectivity index (χ2v) is 16.5. The lowest BCUT2D eigenvalue weighted by molar-refractivity contribution is 0.660. The smallest absolute Gasteiger partial charge is 0.137 e. The number of benzene rings is 9. The number of nitrogens with zero attached hydrogens (tertiary/aromatic N) is 2. The number of furan rings is 1. The van der Waals surface area contributed by atoms with E-state index in [9.17, 15) is 0 Å². The highest BCUT2D eigenvalue weighted by molar-refractivity contribution is 6.15. The fourth-order valence-electron chi connectivity index (χ4n) is 9.89. The van der Waals surface area contributed by atoms with Gasteiger partial charge in [-0.25, -0.2) is 0 Å². The molecule has 0 spiro atoms. The Kier molecular flexibility index (Phi) is 7.58. The molecule has 0 atom stereocenters. The maximum Gasteiger partial charge on any atom is 0.137 e. The molecule has 11 aromatic rings. The van der Waals surface area contributed by atoms with Gasteiger partial charge in [0.2, 0.25) is 0 Å². The van der Waals surface area contributed by atoms with E-state index in [0.29, 0.717) is 0 Å². The molecule has 0 aliphatic heterocycles. The predicted octanol–water partition coefficient (Wildman–Crippen LogP) is 15.8. The van der Waals surface area contributed by atoms with Crippen molar-refractivity contribution in [1.82, 2.24) is 4.57 Å². The Balaban J connectivity index is 1.05. The van der Waals surface area contributed by atoms with Gasteiger partial charge in [-0.15, -0.1) is 0 Å². The maximum absolute atomic E-state index is 6.68. The summed E-state index contributed by atoms with van der Waals surface area (Å²) in [4.78, 5) is 2.41. The zero-order chi connectivity index (χ0) is 40.0. The molecule has 0 bridgehead atoms. The van der Waals surface area contributed by atoms with Crippen molar-refractivity contribution < 1.29 is 4.42 Å². The van der Waals surface area contributed by atoms with Gasteiger partial charge in [-0.2, -0.15) is 0 Å². The number of rotatable bonds is 6. The van der Waals surface area contributed by atoms with Crippen LogP contribution in [0.2, 0.25) is 0 Å². The minimum Gasteiger partial charge on any atom is -0.456 e. The molecule has 1 aliphatic rings. The van der Waals surface area contributed by atoms with E-state index in [-0.39, 0.29) is 5.41 Å². The third-order valence-electron chi connectivity index (χ3n) is 12.8. The van der Waals surface area contributed by atoms with E-state index in [2.05, 4.69) is 230 Å². The predicted molar refractivity (Wildman–Crippen MR) is 251 cm³/mol. The fourth-order valence-corrected chi connectivity index (χ4v) is 9.89. The Morgan fingerprint density at radius 2 is 1.05 bits per heavy atom. The van der Waals surface area contributed by atoms with Gasteiger partial charge < -0.3 is 13.9 Å². The highest BCUT2D eigenvalue weighted by Gasteiger charge is 2.35. The molecule has 0 amide bonds. The van der Waals surface area contributed by atoms with Gasteiger partial charge in [0.1, 0.15) is 11.2 Å². The van der Waals surface area contributed by atoms with Crippen molar-refractivity contribution in [3.8, 4) is 39.1 Å². The van der Waals surface area contributed by atoms with Crippen molar-refractivity contribution in [2.45, 2.75) is 19.3 Å². The minimum absolute atomic E-state index is 0.0801. The normalized spacial score (nSPS) is 13.0. The Labute approximate surface area is 349 Å². The monoisotopic (exact) mass is 768 g/mol. The van der Waals surface area contributed by atoms with Crippen LogP contribution in [0, 0.1) is 0 Å². The van der Waals surface area contributed by atoms with E-state index in [4.69, 9.17) is 4.42 Å². The first-order valence-corrected chi connectivity index (χ1v) is 20.8. The van der Waals surface area contributed by atoms with E-state index in [1.807, 2.05) is 0 Å². The van der Waals surface area contributed by atoms with Gasteiger partial charge >= 0.3 is 0 Å². The van der Waals surface area contributed by atoms with Crippen LogP contribution < -0.4 is 4.90 Å². The average Bonchev–Trinajstić information content (AvgIpc) is 3.92. The molecule has 3 heteroatoms. The first kappa shape index (κ1) is 34.4. The Morgan fingerprint density at radius 3 is 1.88 bits per heavy atom. The standard InChI is InChI=1S/C57H40N2O/c1-57(2)49-20-11-9-18-44(49)46-36-43(30-31-50(46)57)58(42-28-24-38(25-29-42)37-14-5-3-6-15-37)53-22-13-23-55-56(53)48-35-40(27-33-54(48)60-55)39-26-32-52-47(34-39)45-19-10-12-21-51(45)59(52)41-16-7-4-8-17-41/h3-36H,1-2H3. The van der Waals surface area contributed by atoms with Gasteiger partial charge in [0.25, 0.3) is 0 Å². The molecule has 12 rings (SSSR count). The topological polar surface area (TPSA) is 21.3 Å². The lowest BCUT2D eigenvalue weighted by atomic mass is 9.82. The van der Waals surface area contributed by atoms with Crippen molar-refractivity contribution in [3.63, 3.8) is 0 Å². The molecule has 0 N–H and O–H groups in total. The van der Waals surface area contributed by atoms with E-state index in [1.165, 1.54) is 60.8 Å². The summed E-state index contributed by atoms with van der Waals surface area (Å²) >= 11 is 0. The van der Waals surface area contributed by atoms with Crippen LogP contribution in [0.15, 0.2) is 211 Å². The van der Waals surface area contributed by atoms with Crippen LogP contribution in [0.5, 0.6) is 0 Å². The summed E-state index contributed by atoms with van der Waals surface area (Å²) in [6.07, 6.45) is 0. The number of hydrogen-bond acceptors (Lipinski definition) is 2. The van der Waals surface area contributed by atoms with E-state index >= 15 is 0 Å². The van der Waals surface area contributed by atoms with E-state index in [0.717, 1.165) is 50.3 Å². The summed E-state index contributed by atoms with van der Waals surface area (Å²) in [6, 6.07) is 74.8. The molecule has 1 aliphatic carbocycles. The third-order valence-corrected chi connectivity index (χ3v) is 12.8. The number of para-hydroxylation sites is 2. The van der Waals surface area contributed by atoms with E-state index < -0.39 is 0 Å². The molecule has 284 valence electrons. The third kappa shape index (κ3) is 5.22. The van der Waals surface area contributed by atoms with E-state index in [1.54, 1.807) is 0 Å². The number of fused-ring (bicyclic) bond motifs is 9. The van der Waals surface area contributed by atoms with Gasteiger partial charge in [0.15, 0.2) is 0 Å². The van der Waals surface area contributed by atoms with Crippen LogP contribution in [0.25, 0.3) is 82.8 Å². The molecular formula is C57H40N2O. The van der Waals surface area contributed by atoms with Crippen molar-refractivity contribution in [2.75, 3.05) is 4.90 Å². The molecule has 0 saturated carbocycles. The molecule has 2 heterocycles. The average molecular weight is 769 g/mol. The molecule has 0 saturated heterocycles.